The average Bonchev–Trinajstić information content (AvgIpc) is 3.31. The van der Waals surface area contributed by atoms with E-state index in [1.54, 1.807) is 23.2 Å². The molecular formula is C27H31BrFN5O5. The lowest BCUT2D eigenvalue weighted by atomic mass is 10.1. The van der Waals surface area contributed by atoms with Crippen LogP contribution in [0.3, 0.4) is 0 Å². The van der Waals surface area contributed by atoms with Gasteiger partial charge in [-0.15, -0.1) is 0 Å². The van der Waals surface area contributed by atoms with Crippen molar-refractivity contribution in [3.05, 3.63) is 46.4 Å². The van der Waals surface area contributed by atoms with Crippen LogP contribution in [0.2, 0.25) is 0 Å². The van der Waals surface area contributed by atoms with Crippen molar-refractivity contribution in [1.82, 2.24) is 19.7 Å². The maximum Gasteiger partial charge on any atom is 0.410 e. The summed E-state index contributed by atoms with van der Waals surface area (Å²) in [5, 5.41) is 15.0. The van der Waals surface area contributed by atoms with Gasteiger partial charge in [-0.05, 0) is 54.8 Å². The van der Waals surface area contributed by atoms with Crippen LogP contribution in [0.4, 0.5) is 15.0 Å². The Bertz CT molecular complexity index is 1370. The number of hydrogen-bond donors (Lipinski definition) is 1. The second kappa shape index (κ2) is 11.4. The molecule has 2 aliphatic rings. The fourth-order valence-corrected chi connectivity index (χ4v) is 5.44. The normalized spacial score (nSPS) is 17.2. The van der Waals surface area contributed by atoms with Gasteiger partial charge in [0, 0.05) is 67.3 Å². The van der Waals surface area contributed by atoms with Gasteiger partial charge in [-0.3, -0.25) is 4.68 Å². The van der Waals surface area contributed by atoms with E-state index < -0.39 is 5.97 Å². The molecule has 12 heteroatoms. The van der Waals surface area contributed by atoms with Crippen molar-refractivity contribution >= 4 is 44.7 Å². The van der Waals surface area contributed by atoms with Crippen molar-refractivity contribution in [2.45, 2.75) is 57.8 Å². The SMILES string of the molecule is CC(C)Oc1cc2nn(C3CCN(C(=O)OC4CCN(c5ncc(Br)cc5F)CC4)CC3)cc2cc1C(=O)O. The van der Waals surface area contributed by atoms with Crippen LogP contribution in [0.5, 0.6) is 5.75 Å². The van der Waals surface area contributed by atoms with Gasteiger partial charge in [-0.1, -0.05) is 0 Å². The summed E-state index contributed by atoms with van der Waals surface area (Å²) in [6.07, 6.45) is 5.36. The number of amides is 1. The highest BCUT2D eigenvalue weighted by Crippen LogP contribution is 2.30. The molecule has 2 aromatic heterocycles. The first-order valence-electron chi connectivity index (χ1n) is 13.1. The van der Waals surface area contributed by atoms with E-state index in [4.69, 9.17) is 9.47 Å². The maximum absolute atomic E-state index is 14.3. The van der Waals surface area contributed by atoms with Crippen LogP contribution >= 0.6 is 15.9 Å². The molecular weight excluding hydrogens is 573 g/mol. The molecule has 10 nitrogen and oxygen atoms in total. The minimum absolute atomic E-state index is 0.0840. The van der Waals surface area contributed by atoms with Crippen molar-refractivity contribution in [1.29, 1.82) is 0 Å². The van der Waals surface area contributed by atoms with E-state index >= 15 is 0 Å². The maximum atomic E-state index is 14.3. The zero-order valence-corrected chi connectivity index (χ0v) is 23.4. The summed E-state index contributed by atoms with van der Waals surface area (Å²) in [7, 11) is 0. The molecule has 1 aromatic carbocycles. The monoisotopic (exact) mass is 603 g/mol. The van der Waals surface area contributed by atoms with E-state index in [0.29, 0.717) is 73.4 Å². The third-order valence-electron chi connectivity index (χ3n) is 7.11. The van der Waals surface area contributed by atoms with Gasteiger partial charge in [0.1, 0.15) is 17.4 Å². The predicted octanol–water partition coefficient (Wildman–Crippen LogP) is 5.26. The van der Waals surface area contributed by atoms with Crippen molar-refractivity contribution in [3.8, 4) is 5.75 Å². The molecule has 0 atom stereocenters. The highest BCUT2D eigenvalue weighted by molar-refractivity contribution is 9.10. The number of carbonyl (C=O) groups excluding carboxylic acids is 1. The predicted molar refractivity (Wildman–Crippen MR) is 146 cm³/mol. The minimum Gasteiger partial charge on any atom is -0.490 e. The standard InChI is InChI=1S/C27H31BrFN5O5/c1-16(2)38-24-13-23-17(11-21(24)26(35)36)15-34(31-23)19-3-7-33(8-4-19)27(37)39-20-5-9-32(10-6-20)25-22(29)12-18(28)14-30-25/h11-16,19-20H,3-10H2,1-2H3,(H,35,36). The number of piperidine rings is 2. The third kappa shape index (κ3) is 6.10. The number of halogens is 2. The molecule has 0 aliphatic carbocycles. The number of carboxylic acid groups (broad SMARTS) is 1. The lowest BCUT2D eigenvalue weighted by molar-refractivity contribution is 0.0432. The van der Waals surface area contributed by atoms with Gasteiger partial charge >= 0.3 is 12.1 Å². The Morgan fingerprint density at radius 3 is 2.46 bits per heavy atom. The van der Waals surface area contributed by atoms with Crippen LogP contribution in [0, 0.1) is 5.82 Å². The van der Waals surface area contributed by atoms with E-state index in [1.165, 1.54) is 6.07 Å². The largest absolute Gasteiger partial charge is 0.490 e. The number of nitrogens with zero attached hydrogens (tertiary/aromatic N) is 5. The summed E-state index contributed by atoms with van der Waals surface area (Å²) in [6, 6.07) is 4.75. The van der Waals surface area contributed by atoms with Crippen LogP contribution in [0.25, 0.3) is 10.9 Å². The lowest BCUT2D eigenvalue weighted by Crippen LogP contribution is -2.43. The number of benzene rings is 1. The summed E-state index contributed by atoms with van der Waals surface area (Å²) in [4.78, 5) is 32.3. The van der Waals surface area contributed by atoms with Gasteiger partial charge < -0.3 is 24.4 Å². The second-order valence-electron chi connectivity index (χ2n) is 10.2. The van der Waals surface area contributed by atoms with Crippen LogP contribution < -0.4 is 9.64 Å². The number of aromatic nitrogens is 3. The Hall–Kier alpha value is -3.41. The third-order valence-corrected chi connectivity index (χ3v) is 7.54. The molecule has 0 bridgehead atoms. The number of likely N-dealkylation sites (tertiary alicyclic amines) is 1. The zero-order valence-electron chi connectivity index (χ0n) is 21.8. The minimum atomic E-state index is -1.05. The Balaban J connectivity index is 1.15. The second-order valence-corrected chi connectivity index (χ2v) is 11.2. The van der Waals surface area contributed by atoms with Crippen molar-refractivity contribution in [2.75, 3.05) is 31.1 Å². The van der Waals surface area contributed by atoms with Crippen LogP contribution in [0.1, 0.15) is 55.9 Å². The molecule has 3 aromatic rings. The Morgan fingerprint density at radius 2 is 1.82 bits per heavy atom. The molecule has 5 rings (SSSR count). The smallest absolute Gasteiger partial charge is 0.410 e. The quantitative estimate of drug-likeness (QED) is 0.406. The molecule has 4 heterocycles. The molecule has 1 N–H and O–H groups in total. The van der Waals surface area contributed by atoms with Gasteiger partial charge in [0.25, 0.3) is 0 Å². The number of carboxylic acids is 1. The summed E-state index contributed by atoms with van der Waals surface area (Å²) in [6.45, 7) is 5.89. The number of anilines is 1. The molecule has 39 heavy (non-hydrogen) atoms. The number of hydrogen-bond acceptors (Lipinski definition) is 7. The van der Waals surface area contributed by atoms with Gasteiger partial charge in [0.2, 0.25) is 0 Å². The molecule has 0 saturated carbocycles. The number of fused-ring (bicyclic) bond motifs is 1. The number of pyridine rings is 1. The topological polar surface area (TPSA) is 110 Å². The van der Waals surface area contributed by atoms with Gasteiger partial charge in [-0.2, -0.15) is 5.10 Å². The Morgan fingerprint density at radius 1 is 1.10 bits per heavy atom. The first-order valence-corrected chi connectivity index (χ1v) is 13.9. The van der Waals surface area contributed by atoms with E-state index in [1.807, 2.05) is 29.6 Å². The molecule has 2 saturated heterocycles. The number of aromatic carboxylic acids is 1. The van der Waals surface area contributed by atoms with Crippen LogP contribution in [0.15, 0.2) is 35.1 Å². The van der Waals surface area contributed by atoms with Gasteiger partial charge in [0.15, 0.2) is 11.6 Å². The molecule has 1 amide bonds. The molecule has 0 spiro atoms. The van der Waals surface area contributed by atoms with Crippen molar-refractivity contribution in [2.24, 2.45) is 0 Å². The molecule has 2 fully saturated rings. The Kier molecular flexibility index (Phi) is 7.92. The summed E-state index contributed by atoms with van der Waals surface area (Å²) < 4.78 is 28.2. The molecule has 0 unspecified atom stereocenters. The number of carbonyl (C=O) groups is 2. The van der Waals surface area contributed by atoms with Crippen molar-refractivity contribution < 1.29 is 28.6 Å². The van der Waals surface area contributed by atoms with E-state index in [0.717, 1.165) is 5.39 Å². The summed E-state index contributed by atoms with van der Waals surface area (Å²) in [5.74, 6) is -0.801. The molecule has 208 valence electrons. The highest BCUT2D eigenvalue weighted by Gasteiger charge is 2.30. The van der Waals surface area contributed by atoms with E-state index in [2.05, 4.69) is 26.0 Å². The lowest BCUT2D eigenvalue weighted by Gasteiger charge is -2.35. The molecule has 0 radical (unpaired) electrons. The first-order chi connectivity index (χ1) is 18.7. The number of ether oxygens (including phenoxy) is 2. The summed E-state index contributed by atoms with van der Waals surface area (Å²) >= 11 is 3.22. The highest BCUT2D eigenvalue weighted by atomic mass is 79.9. The van der Waals surface area contributed by atoms with Crippen LogP contribution in [-0.2, 0) is 4.74 Å². The number of rotatable bonds is 6. The van der Waals surface area contributed by atoms with Gasteiger partial charge in [-0.25, -0.2) is 19.0 Å². The summed E-state index contributed by atoms with van der Waals surface area (Å²) in [5.41, 5.74) is 0.777. The van der Waals surface area contributed by atoms with Crippen molar-refractivity contribution in [3.63, 3.8) is 0 Å². The fraction of sp³-hybridized carbons (Fsp3) is 0.481. The van der Waals surface area contributed by atoms with Gasteiger partial charge in [0.05, 0.1) is 17.7 Å². The van der Waals surface area contributed by atoms with Crippen LogP contribution in [-0.4, -0.2) is 75.2 Å². The zero-order chi connectivity index (χ0) is 27.7. The Labute approximate surface area is 233 Å². The van der Waals surface area contributed by atoms with E-state index in [-0.39, 0.29) is 35.7 Å². The fourth-order valence-electron chi connectivity index (χ4n) is 5.13. The first kappa shape index (κ1) is 27.2. The molecule has 2 aliphatic heterocycles. The van der Waals surface area contributed by atoms with E-state index in [9.17, 15) is 19.1 Å². The average molecular weight is 604 g/mol.